The maximum Gasteiger partial charge on any atom is 0.221 e. The Morgan fingerprint density at radius 2 is 2.20 bits per heavy atom. The minimum absolute atomic E-state index is 0.0308. The van der Waals surface area contributed by atoms with Crippen LogP contribution in [0, 0.1) is 6.92 Å². The van der Waals surface area contributed by atoms with Crippen LogP contribution in [0.4, 0.5) is 5.82 Å². The van der Waals surface area contributed by atoms with Gasteiger partial charge in [-0.05, 0) is 19.1 Å². The molecule has 1 amide bonds. The highest BCUT2D eigenvalue weighted by Gasteiger charge is 2.04. The number of methoxy groups -OCH3 is 1. The monoisotopic (exact) mass is 296 g/mol. The van der Waals surface area contributed by atoms with Crippen molar-refractivity contribution in [1.82, 2.24) is 10.3 Å². The smallest absolute Gasteiger partial charge is 0.221 e. The first-order valence-corrected chi connectivity index (χ1v) is 6.71. The van der Waals surface area contributed by atoms with Gasteiger partial charge in [-0.3, -0.25) is 4.79 Å². The molecule has 0 aromatic carbocycles. The number of rotatable bonds is 8. The molecular formula is C13H20N4O2S. The van der Waals surface area contributed by atoms with Gasteiger partial charge in [0, 0.05) is 37.9 Å². The van der Waals surface area contributed by atoms with Crippen LogP contribution in [0.15, 0.2) is 12.1 Å². The summed E-state index contributed by atoms with van der Waals surface area (Å²) in [6, 6.07) is 3.60. The van der Waals surface area contributed by atoms with Crippen molar-refractivity contribution in [1.29, 1.82) is 0 Å². The summed E-state index contributed by atoms with van der Waals surface area (Å²) in [5.74, 6) is 0.634. The van der Waals surface area contributed by atoms with Crippen LogP contribution in [0.5, 0.6) is 0 Å². The van der Waals surface area contributed by atoms with Crippen molar-refractivity contribution in [3.05, 3.63) is 23.4 Å². The van der Waals surface area contributed by atoms with E-state index >= 15 is 0 Å². The number of nitrogens with one attached hydrogen (secondary N) is 2. The first kappa shape index (κ1) is 16.3. The Labute approximate surface area is 124 Å². The lowest BCUT2D eigenvalue weighted by molar-refractivity contribution is -0.121. The number of carbonyl (C=O) groups is 1. The summed E-state index contributed by atoms with van der Waals surface area (Å²) in [6.45, 7) is 3.38. The van der Waals surface area contributed by atoms with E-state index in [-0.39, 0.29) is 5.91 Å². The van der Waals surface area contributed by atoms with E-state index in [0.29, 0.717) is 36.9 Å². The van der Waals surface area contributed by atoms with Gasteiger partial charge in [0.15, 0.2) is 0 Å². The molecule has 6 nitrogen and oxygen atoms in total. The highest BCUT2D eigenvalue weighted by molar-refractivity contribution is 7.80. The van der Waals surface area contributed by atoms with Crippen LogP contribution in [0.1, 0.15) is 17.7 Å². The van der Waals surface area contributed by atoms with Crippen molar-refractivity contribution in [2.45, 2.75) is 13.3 Å². The molecule has 20 heavy (non-hydrogen) atoms. The van der Waals surface area contributed by atoms with Gasteiger partial charge in [0.2, 0.25) is 5.91 Å². The maximum absolute atomic E-state index is 11.5. The number of aryl methyl sites for hydroxylation is 1. The van der Waals surface area contributed by atoms with Crippen LogP contribution < -0.4 is 16.4 Å². The second-order valence-electron chi connectivity index (χ2n) is 4.27. The molecule has 0 radical (unpaired) electrons. The van der Waals surface area contributed by atoms with Crippen molar-refractivity contribution in [2.24, 2.45) is 5.73 Å². The molecule has 0 aliphatic rings. The zero-order chi connectivity index (χ0) is 15.0. The Morgan fingerprint density at radius 1 is 1.45 bits per heavy atom. The first-order chi connectivity index (χ1) is 9.52. The molecule has 0 unspecified atom stereocenters. The minimum Gasteiger partial charge on any atom is -0.389 e. The number of hydrogen-bond donors (Lipinski definition) is 3. The van der Waals surface area contributed by atoms with E-state index in [1.165, 1.54) is 0 Å². The number of ether oxygens (including phenoxy) is 1. The van der Waals surface area contributed by atoms with E-state index in [4.69, 9.17) is 22.7 Å². The number of nitrogens with zero attached hydrogens (tertiary/aromatic N) is 1. The van der Waals surface area contributed by atoms with Crippen molar-refractivity contribution in [3.63, 3.8) is 0 Å². The largest absolute Gasteiger partial charge is 0.389 e. The van der Waals surface area contributed by atoms with Crippen LogP contribution in [0.2, 0.25) is 0 Å². The average molecular weight is 296 g/mol. The second-order valence-corrected chi connectivity index (χ2v) is 4.71. The maximum atomic E-state index is 11.5. The molecule has 0 saturated carbocycles. The molecule has 0 fully saturated rings. The standard InChI is InChI=1S/C13H20N4O2S/c1-9-7-10(13(14)20)8-11(17-9)15-4-3-12(18)16-5-6-19-2/h7-8H,3-6H2,1-2H3,(H2,14,20)(H,15,17)(H,16,18). The van der Waals surface area contributed by atoms with Gasteiger partial charge < -0.3 is 21.1 Å². The molecule has 110 valence electrons. The highest BCUT2D eigenvalue weighted by atomic mass is 32.1. The van der Waals surface area contributed by atoms with Crippen LogP contribution in [0.3, 0.4) is 0 Å². The average Bonchev–Trinajstić information content (AvgIpc) is 2.38. The number of amides is 1. The van der Waals surface area contributed by atoms with Crippen molar-refractivity contribution < 1.29 is 9.53 Å². The molecule has 0 bridgehead atoms. The van der Waals surface area contributed by atoms with Gasteiger partial charge in [-0.2, -0.15) is 0 Å². The third kappa shape index (κ3) is 5.94. The molecule has 1 aromatic heterocycles. The number of thiocarbonyl (C=S) groups is 1. The summed E-state index contributed by atoms with van der Waals surface area (Å²) < 4.78 is 4.85. The summed E-state index contributed by atoms with van der Waals surface area (Å²) in [5.41, 5.74) is 7.18. The number of aromatic nitrogens is 1. The van der Waals surface area contributed by atoms with Crippen molar-refractivity contribution in [3.8, 4) is 0 Å². The van der Waals surface area contributed by atoms with E-state index < -0.39 is 0 Å². The Balaban J connectivity index is 2.42. The fourth-order valence-electron chi connectivity index (χ4n) is 1.59. The highest BCUT2D eigenvalue weighted by Crippen LogP contribution is 2.10. The third-order valence-corrected chi connectivity index (χ3v) is 2.76. The van der Waals surface area contributed by atoms with E-state index in [0.717, 1.165) is 11.3 Å². The predicted octanol–water partition coefficient (Wildman–Crippen LogP) is 0.589. The third-order valence-electron chi connectivity index (χ3n) is 2.52. The zero-order valence-electron chi connectivity index (χ0n) is 11.7. The molecule has 0 saturated heterocycles. The van der Waals surface area contributed by atoms with Crippen LogP contribution in [-0.2, 0) is 9.53 Å². The molecule has 0 spiro atoms. The van der Waals surface area contributed by atoms with E-state index in [1.807, 2.05) is 13.0 Å². The number of anilines is 1. The van der Waals surface area contributed by atoms with Crippen molar-refractivity contribution >= 4 is 28.9 Å². The van der Waals surface area contributed by atoms with E-state index in [2.05, 4.69) is 15.6 Å². The number of hydrogen-bond acceptors (Lipinski definition) is 5. The molecule has 4 N–H and O–H groups in total. The molecular weight excluding hydrogens is 276 g/mol. The lowest BCUT2D eigenvalue weighted by Crippen LogP contribution is -2.28. The quantitative estimate of drug-likeness (QED) is 0.480. The van der Waals surface area contributed by atoms with Gasteiger partial charge in [0.1, 0.15) is 10.8 Å². The minimum atomic E-state index is -0.0308. The Bertz CT molecular complexity index is 479. The van der Waals surface area contributed by atoms with Crippen LogP contribution in [-0.4, -0.2) is 42.7 Å². The number of nitrogens with two attached hydrogens (primary N) is 1. The lowest BCUT2D eigenvalue weighted by Gasteiger charge is -2.09. The van der Waals surface area contributed by atoms with Crippen LogP contribution >= 0.6 is 12.2 Å². The molecule has 7 heteroatoms. The molecule has 0 aliphatic heterocycles. The molecule has 1 rings (SSSR count). The molecule has 1 heterocycles. The fraction of sp³-hybridized carbons (Fsp3) is 0.462. The Hall–Kier alpha value is -1.73. The molecule has 0 aliphatic carbocycles. The second kappa shape index (κ2) is 8.44. The van der Waals surface area contributed by atoms with Gasteiger partial charge in [-0.1, -0.05) is 12.2 Å². The molecule has 0 atom stereocenters. The lowest BCUT2D eigenvalue weighted by atomic mass is 10.2. The van der Waals surface area contributed by atoms with Crippen molar-refractivity contribution in [2.75, 3.05) is 32.1 Å². The summed E-state index contributed by atoms with van der Waals surface area (Å²) in [4.78, 5) is 16.1. The summed E-state index contributed by atoms with van der Waals surface area (Å²) in [5, 5.41) is 5.83. The zero-order valence-corrected chi connectivity index (χ0v) is 12.5. The van der Waals surface area contributed by atoms with Gasteiger partial charge in [-0.15, -0.1) is 0 Å². The summed E-state index contributed by atoms with van der Waals surface area (Å²) >= 11 is 4.94. The van der Waals surface area contributed by atoms with Crippen LogP contribution in [0.25, 0.3) is 0 Å². The SMILES string of the molecule is COCCNC(=O)CCNc1cc(C(N)=S)cc(C)n1. The number of carbonyl (C=O) groups excluding carboxylic acids is 1. The first-order valence-electron chi connectivity index (χ1n) is 6.31. The summed E-state index contributed by atoms with van der Waals surface area (Å²) in [7, 11) is 1.59. The van der Waals surface area contributed by atoms with E-state index in [1.54, 1.807) is 13.2 Å². The normalized spacial score (nSPS) is 10.1. The Morgan fingerprint density at radius 3 is 2.85 bits per heavy atom. The number of pyridine rings is 1. The fourth-order valence-corrected chi connectivity index (χ4v) is 1.70. The van der Waals surface area contributed by atoms with Gasteiger partial charge >= 0.3 is 0 Å². The Kier molecular flexibility index (Phi) is 6.89. The van der Waals surface area contributed by atoms with Gasteiger partial charge in [0.25, 0.3) is 0 Å². The van der Waals surface area contributed by atoms with Gasteiger partial charge in [0.05, 0.1) is 6.61 Å². The predicted molar refractivity (Wildman–Crippen MR) is 82.9 cm³/mol. The van der Waals surface area contributed by atoms with Gasteiger partial charge in [-0.25, -0.2) is 4.98 Å². The van der Waals surface area contributed by atoms with E-state index in [9.17, 15) is 4.79 Å². The summed E-state index contributed by atoms with van der Waals surface area (Å²) in [6.07, 6.45) is 0.363. The topological polar surface area (TPSA) is 89.3 Å². The molecule has 1 aromatic rings.